The van der Waals surface area contributed by atoms with Crippen molar-refractivity contribution in [3.05, 3.63) is 0 Å². The average molecular weight is 216 g/mol. The highest BCUT2D eigenvalue weighted by atomic mass is 16.6. The smallest absolute Gasteiger partial charge is 0.337 e. The molecule has 1 rings (SSSR count). The van der Waals surface area contributed by atoms with E-state index >= 15 is 0 Å². The maximum Gasteiger partial charge on any atom is 0.337 e. The van der Waals surface area contributed by atoms with Crippen molar-refractivity contribution in [2.45, 2.75) is 19.4 Å². The highest BCUT2D eigenvalue weighted by Gasteiger charge is 2.78. The molecular weight excluding hydrogens is 200 g/mol. The van der Waals surface area contributed by atoms with Crippen LogP contribution in [0.1, 0.15) is 13.8 Å². The number of ether oxygens (including phenoxy) is 2. The van der Waals surface area contributed by atoms with Gasteiger partial charge in [0, 0.05) is 12.5 Å². The summed E-state index contributed by atoms with van der Waals surface area (Å²) in [6.07, 6.45) is 0.654. The van der Waals surface area contributed by atoms with Crippen LogP contribution >= 0.6 is 0 Å². The molecule has 0 aromatic heterocycles. The van der Waals surface area contributed by atoms with E-state index in [9.17, 15) is 9.59 Å². The van der Waals surface area contributed by atoms with Crippen LogP contribution in [0.4, 0.5) is 0 Å². The molecule has 86 valence electrons. The molecule has 1 fully saturated rings. The van der Waals surface area contributed by atoms with Gasteiger partial charge in [0.1, 0.15) is 6.29 Å². The van der Waals surface area contributed by atoms with Crippen LogP contribution in [0.25, 0.3) is 0 Å². The molecule has 2 unspecified atom stereocenters. The minimum absolute atomic E-state index is 0.177. The molecule has 15 heavy (non-hydrogen) atoms. The lowest BCUT2D eigenvalue weighted by Gasteiger charge is -2.15. The average Bonchev–Trinajstić information content (AvgIpc) is 2.64. The summed E-state index contributed by atoms with van der Waals surface area (Å²) in [5, 5.41) is 9.12. The first-order chi connectivity index (χ1) is 6.95. The van der Waals surface area contributed by atoms with Gasteiger partial charge in [-0.3, -0.25) is 0 Å². The Balaban J connectivity index is 2.75. The molecule has 0 saturated heterocycles. The van der Waals surface area contributed by atoms with E-state index in [0.717, 1.165) is 0 Å². The summed E-state index contributed by atoms with van der Waals surface area (Å²) in [5.41, 5.74) is -2.01. The van der Waals surface area contributed by atoms with Crippen LogP contribution in [-0.2, 0) is 19.1 Å². The van der Waals surface area contributed by atoms with Crippen LogP contribution in [0.15, 0.2) is 0 Å². The van der Waals surface area contributed by atoms with E-state index in [1.54, 1.807) is 13.8 Å². The molecule has 0 aliphatic heterocycles. The number of carbonyl (C=O) groups is 2. The number of carboxylic acid groups (broad SMARTS) is 1. The number of rotatable bonds is 6. The van der Waals surface area contributed by atoms with Gasteiger partial charge in [0.05, 0.1) is 19.1 Å². The zero-order valence-corrected chi connectivity index (χ0v) is 9.15. The Labute approximate surface area is 88.4 Å². The summed E-state index contributed by atoms with van der Waals surface area (Å²) >= 11 is 0. The molecule has 0 aromatic rings. The maximum atomic E-state index is 11.1. The minimum atomic E-state index is -1.37. The van der Waals surface area contributed by atoms with Gasteiger partial charge in [0.15, 0.2) is 5.60 Å². The second kappa shape index (κ2) is 3.90. The van der Waals surface area contributed by atoms with Crippen molar-refractivity contribution in [2.24, 2.45) is 11.3 Å². The van der Waals surface area contributed by atoms with Gasteiger partial charge in [-0.15, -0.1) is 0 Å². The Kier molecular flexibility index (Phi) is 3.16. The van der Waals surface area contributed by atoms with Crippen molar-refractivity contribution in [3.8, 4) is 0 Å². The van der Waals surface area contributed by atoms with Crippen molar-refractivity contribution in [1.29, 1.82) is 0 Å². The third-order valence-electron chi connectivity index (χ3n) is 3.16. The third kappa shape index (κ3) is 1.55. The fourth-order valence-corrected chi connectivity index (χ4v) is 2.06. The second-order valence-electron chi connectivity index (χ2n) is 4.22. The van der Waals surface area contributed by atoms with Gasteiger partial charge in [-0.05, 0) is 0 Å². The number of aliphatic carboxylic acids is 1. The third-order valence-corrected chi connectivity index (χ3v) is 3.16. The second-order valence-corrected chi connectivity index (χ2v) is 4.22. The highest BCUT2D eigenvalue weighted by Crippen LogP contribution is 2.63. The number of carboxylic acids is 1. The number of aldehydes is 1. The van der Waals surface area contributed by atoms with E-state index in [1.807, 2.05) is 0 Å². The molecule has 5 nitrogen and oxygen atoms in total. The van der Waals surface area contributed by atoms with Crippen LogP contribution < -0.4 is 0 Å². The Morgan fingerprint density at radius 1 is 1.47 bits per heavy atom. The number of carbonyl (C=O) groups excluding carboxylic acids is 1. The van der Waals surface area contributed by atoms with E-state index in [1.165, 1.54) is 7.11 Å². The first kappa shape index (κ1) is 12.1. The molecule has 2 atom stereocenters. The molecule has 1 aliphatic rings. The van der Waals surface area contributed by atoms with Crippen LogP contribution in [0.3, 0.4) is 0 Å². The van der Waals surface area contributed by atoms with Crippen LogP contribution in [0.2, 0.25) is 0 Å². The van der Waals surface area contributed by atoms with Gasteiger partial charge in [0.25, 0.3) is 0 Å². The van der Waals surface area contributed by atoms with E-state index < -0.39 is 22.9 Å². The monoisotopic (exact) mass is 216 g/mol. The number of methoxy groups -OCH3 is 1. The summed E-state index contributed by atoms with van der Waals surface area (Å²) in [6.45, 7) is 3.92. The SMILES string of the molecule is COCCOC1(C(=O)O)C(C=O)C1(C)C. The normalized spacial score (nSPS) is 32.3. The quantitative estimate of drug-likeness (QED) is 0.511. The van der Waals surface area contributed by atoms with Crippen molar-refractivity contribution >= 4 is 12.3 Å². The molecule has 0 amide bonds. The zero-order valence-electron chi connectivity index (χ0n) is 9.15. The Morgan fingerprint density at radius 3 is 2.40 bits per heavy atom. The summed E-state index contributed by atoms with van der Waals surface area (Å²) in [5.74, 6) is -1.67. The van der Waals surface area contributed by atoms with E-state index in [2.05, 4.69) is 0 Å². The lowest BCUT2D eigenvalue weighted by molar-refractivity contribution is -0.159. The summed E-state index contributed by atoms with van der Waals surface area (Å²) < 4.78 is 10.1. The molecule has 0 spiro atoms. The molecule has 0 aromatic carbocycles. The predicted octanol–water partition coefficient (Wildman–Crippen LogP) is 0.328. The van der Waals surface area contributed by atoms with Crippen LogP contribution in [0.5, 0.6) is 0 Å². The first-order valence-electron chi connectivity index (χ1n) is 4.76. The fourth-order valence-electron chi connectivity index (χ4n) is 2.06. The predicted molar refractivity (Wildman–Crippen MR) is 51.5 cm³/mol. The van der Waals surface area contributed by atoms with Gasteiger partial charge in [-0.25, -0.2) is 4.79 Å². The number of hydrogen-bond donors (Lipinski definition) is 1. The molecule has 1 saturated carbocycles. The maximum absolute atomic E-state index is 11.1. The molecular formula is C10H16O5. The Bertz CT molecular complexity index is 273. The van der Waals surface area contributed by atoms with Crippen molar-refractivity contribution < 1.29 is 24.2 Å². The molecule has 0 bridgehead atoms. The van der Waals surface area contributed by atoms with E-state index in [0.29, 0.717) is 12.9 Å². The van der Waals surface area contributed by atoms with Gasteiger partial charge >= 0.3 is 5.97 Å². The highest BCUT2D eigenvalue weighted by molar-refractivity contribution is 5.90. The van der Waals surface area contributed by atoms with Crippen molar-refractivity contribution in [2.75, 3.05) is 20.3 Å². The molecule has 1 N–H and O–H groups in total. The summed E-state index contributed by atoms with van der Waals surface area (Å²) in [6, 6.07) is 0. The van der Waals surface area contributed by atoms with Gasteiger partial charge in [-0.1, -0.05) is 13.8 Å². The largest absolute Gasteiger partial charge is 0.479 e. The van der Waals surface area contributed by atoms with E-state index in [-0.39, 0.29) is 6.61 Å². The van der Waals surface area contributed by atoms with Crippen LogP contribution in [0, 0.1) is 11.3 Å². The summed E-state index contributed by atoms with van der Waals surface area (Å²) in [4.78, 5) is 21.9. The van der Waals surface area contributed by atoms with E-state index in [4.69, 9.17) is 14.6 Å². The molecule has 0 radical (unpaired) electrons. The molecule has 1 aliphatic carbocycles. The molecule has 0 heterocycles. The fraction of sp³-hybridized carbons (Fsp3) is 0.800. The minimum Gasteiger partial charge on any atom is -0.479 e. The molecule has 5 heteroatoms. The van der Waals surface area contributed by atoms with Crippen molar-refractivity contribution in [1.82, 2.24) is 0 Å². The summed E-state index contributed by atoms with van der Waals surface area (Å²) in [7, 11) is 1.51. The van der Waals surface area contributed by atoms with Gasteiger partial charge in [0.2, 0.25) is 0 Å². The zero-order chi connectivity index (χ0) is 11.7. The van der Waals surface area contributed by atoms with Gasteiger partial charge in [-0.2, -0.15) is 0 Å². The Morgan fingerprint density at radius 2 is 2.07 bits per heavy atom. The van der Waals surface area contributed by atoms with Crippen molar-refractivity contribution in [3.63, 3.8) is 0 Å². The first-order valence-corrected chi connectivity index (χ1v) is 4.76. The topological polar surface area (TPSA) is 72.8 Å². The van der Waals surface area contributed by atoms with Crippen LogP contribution in [-0.4, -0.2) is 43.3 Å². The number of hydrogen-bond acceptors (Lipinski definition) is 4. The Hall–Kier alpha value is -0.940. The standard InChI is InChI=1S/C10H16O5/c1-9(2)7(6-11)10(9,8(12)13)15-5-4-14-3/h6-7H,4-5H2,1-3H3,(H,12,13). The lowest BCUT2D eigenvalue weighted by atomic mass is 10.1. The van der Waals surface area contributed by atoms with Gasteiger partial charge < -0.3 is 19.4 Å². The lowest BCUT2D eigenvalue weighted by Crippen LogP contribution is -2.33.